The Kier molecular flexibility index (Phi) is 5.91. The Bertz CT molecular complexity index is 1030. The second-order valence-electron chi connectivity index (χ2n) is 7.95. The average Bonchev–Trinajstić information content (AvgIpc) is 2.77. The molecule has 1 aliphatic carbocycles. The smallest absolute Gasteiger partial charge is 0.248 e. The molecule has 1 amide bonds. The van der Waals surface area contributed by atoms with Gasteiger partial charge in [-0.2, -0.15) is 0 Å². The lowest BCUT2D eigenvalue weighted by Crippen LogP contribution is -2.31. The van der Waals surface area contributed by atoms with E-state index in [4.69, 9.17) is 10.7 Å². The number of nitrogens with zero attached hydrogens (tertiary/aromatic N) is 2. The van der Waals surface area contributed by atoms with Gasteiger partial charge in [-0.1, -0.05) is 43.3 Å². The lowest BCUT2D eigenvalue weighted by Gasteiger charge is -2.28. The minimum absolute atomic E-state index is 0.384. The van der Waals surface area contributed by atoms with Crippen LogP contribution >= 0.6 is 0 Å². The first-order valence-electron chi connectivity index (χ1n) is 10.7. The van der Waals surface area contributed by atoms with Crippen molar-refractivity contribution >= 4 is 16.7 Å². The van der Waals surface area contributed by atoms with Gasteiger partial charge in [-0.05, 0) is 66.3 Å². The standard InChI is InChI=1S/C14H20N2.C11H9NO/c1-2-16-8-7-14-12(10-16)9-11-5-3-4-6-13(11)15-14;12-11(13)10-6-5-8-3-1-2-4-9(8)7-10/h9H,2-8,10H2,1H3;1-7H,(H2,12,13). The lowest BCUT2D eigenvalue weighted by molar-refractivity contribution is 0.100. The number of rotatable bonds is 2. The molecule has 0 saturated heterocycles. The number of carbonyl (C=O) groups is 1. The summed E-state index contributed by atoms with van der Waals surface area (Å²) in [5.74, 6) is -0.384. The second kappa shape index (κ2) is 8.75. The molecular weight excluding hydrogens is 358 g/mol. The summed E-state index contributed by atoms with van der Waals surface area (Å²) in [5.41, 5.74) is 11.5. The summed E-state index contributed by atoms with van der Waals surface area (Å²) in [7, 11) is 0. The van der Waals surface area contributed by atoms with Gasteiger partial charge in [-0.3, -0.25) is 14.7 Å². The number of primary amides is 1. The molecule has 0 radical (unpaired) electrons. The van der Waals surface area contributed by atoms with Crippen molar-refractivity contribution < 1.29 is 4.79 Å². The Hall–Kier alpha value is -2.72. The largest absolute Gasteiger partial charge is 0.366 e. The van der Waals surface area contributed by atoms with Gasteiger partial charge in [-0.25, -0.2) is 0 Å². The maximum atomic E-state index is 10.9. The van der Waals surface area contributed by atoms with E-state index in [0.717, 1.165) is 30.3 Å². The van der Waals surface area contributed by atoms with E-state index < -0.39 is 0 Å². The molecular formula is C25H29N3O. The van der Waals surface area contributed by atoms with Gasteiger partial charge < -0.3 is 5.73 Å². The lowest BCUT2D eigenvalue weighted by atomic mass is 9.92. The normalized spacial score (nSPS) is 15.8. The molecule has 2 heterocycles. The van der Waals surface area contributed by atoms with Gasteiger partial charge in [0, 0.05) is 36.5 Å². The fourth-order valence-electron chi connectivity index (χ4n) is 4.27. The topological polar surface area (TPSA) is 59.2 Å². The van der Waals surface area contributed by atoms with Crippen LogP contribution in [0.1, 0.15) is 52.6 Å². The van der Waals surface area contributed by atoms with Crippen LogP contribution in [-0.4, -0.2) is 28.9 Å². The SMILES string of the molecule is CCN1CCc2nc3c(cc2C1)CCCC3.NC(=O)c1ccc2ccccc2c1. The first kappa shape index (κ1) is 19.6. The molecule has 0 atom stereocenters. The van der Waals surface area contributed by atoms with Crippen molar-refractivity contribution in [2.45, 2.75) is 45.6 Å². The summed E-state index contributed by atoms with van der Waals surface area (Å²) in [6.07, 6.45) is 6.29. The second-order valence-corrected chi connectivity index (χ2v) is 7.95. The molecule has 1 aliphatic heterocycles. The van der Waals surface area contributed by atoms with Gasteiger partial charge in [0.15, 0.2) is 0 Å². The Balaban J connectivity index is 0.000000145. The summed E-state index contributed by atoms with van der Waals surface area (Å²) in [6, 6.07) is 15.7. The van der Waals surface area contributed by atoms with Crippen molar-refractivity contribution in [3.05, 3.63) is 76.6 Å². The van der Waals surface area contributed by atoms with Crippen molar-refractivity contribution in [1.82, 2.24) is 9.88 Å². The summed E-state index contributed by atoms with van der Waals surface area (Å²) < 4.78 is 0. The molecule has 1 aromatic heterocycles. The number of aryl methyl sites for hydroxylation is 2. The number of hydrogen-bond donors (Lipinski definition) is 1. The van der Waals surface area contributed by atoms with Gasteiger partial charge in [0.05, 0.1) is 0 Å². The fraction of sp³-hybridized carbons (Fsp3) is 0.360. The van der Waals surface area contributed by atoms with Crippen LogP contribution in [0.5, 0.6) is 0 Å². The number of hydrogen-bond acceptors (Lipinski definition) is 3. The van der Waals surface area contributed by atoms with E-state index in [1.165, 1.54) is 54.7 Å². The summed E-state index contributed by atoms with van der Waals surface area (Å²) in [4.78, 5) is 18.3. The Morgan fingerprint density at radius 3 is 2.52 bits per heavy atom. The fourth-order valence-corrected chi connectivity index (χ4v) is 4.27. The zero-order valence-electron chi connectivity index (χ0n) is 17.2. The number of benzene rings is 2. The Morgan fingerprint density at radius 1 is 0.966 bits per heavy atom. The molecule has 2 aromatic carbocycles. The highest BCUT2D eigenvalue weighted by molar-refractivity contribution is 5.97. The molecule has 5 rings (SSSR count). The molecule has 0 fully saturated rings. The van der Waals surface area contributed by atoms with Gasteiger partial charge in [0.1, 0.15) is 0 Å². The number of amides is 1. The number of likely N-dealkylation sites (N-methyl/N-ethyl adjacent to an activating group) is 1. The molecule has 4 nitrogen and oxygen atoms in total. The van der Waals surface area contributed by atoms with E-state index in [0.29, 0.717) is 5.56 Å². The van der Waals surface area contributed by atoms with Crippen LogP contribution in [0.25, 0.3) is 10.8 Å². The van der Waals surface area contributed by atoms with Crippen LogP contribution in [0.4, 0.5) is 0 Å². The number of pyridine rings is 1. The van der Waals surface area contributed by atoms with Crippen molar-refractivity contribution in [3.8, 4) is 0 Å². The van der Waals surface area contributed by atoms with Crippen LogP contribution in [0.3, 0.4) is 0 Å². The van der Waals surface area contributed by atoms with E-state index in [1.807, 2.05) is 30.3 Å². The van der Waals surface area contributed by atoms with Crippen molar-refractivity contribution in [2.75, 3.05) is 13.1 Å². The van der Waals surface area contributed by atoms with Crippen LogP contribution in [0.15, 0.2) is 48.5 Å². The van der Waals surface area contributed by atoms with Crippen LogP contribution in [0.2, 0.25) is 0 Å². The summed E-state index contributed by atoms with van der Waals surface area (Å²) in [6.45, 7) is 5.72. The van der Waals surface area contributed by atoms with Crippen molar-refractivity contribution in [3.63, 3.8) is 0 Å². The maximum Gasteiger partial charge on any atom is 0.248 e. The third-order valence-corrected chi connectivity index (χ3v) is 6.01. The van der Waals surface area contributed by atoms with E-state index in [-0.39, 0.29) is 5.91 Å². The molecule has 3 aromatic rings. The summed E-state index contributed by atoms with van der Waals surface area (Å²) >= 11 is 0. The number of nitrogens with two attached hydrogens (primary N) is 1. The minimum Gasteiger partial charge on any atom is -0.366 e. The first-order valence-corrected chi connectivity index (χ1v) is 10.7. The van der Waals surface area contributed by atoms with Gasteiger partial charge in [0.2, 0.25) is 5.91 Å². The molecule has 0 saturated carbocycles. The predicted octanol–water partition coefficient (Wildman–Crippen LogP) is 4.28. The maximum absolute atomic E-state index is 10.9. The first-order chi connectivity index (χ1) is 14.1. The Labute approximate surface area is 172 Å². The van der Waals surface area contributed by atoms with E-state index in [1.54, 1.807) is 12.1 Å². The highest BCUT2D eigenvalue weighted by atomic mass is 16.1. The number of fused-ring (bicyclic) bond motifs is 3. The highest BCUT2D eigenvalue weighted by Crippen LogP contribution is 2.25. The summed E-state index contributed by atoms with van der Waals surface area (Å²) in [5, 5.41) is 2.16. The molecule has 29 heavy (non-hydrogen) atoms. The van der Waals surface area contributed by atoms with E-state index in [2.05, 4.69) is 17.9 Å². The third-order valence-electron chi connectivity index (χ3n) is 6.01. The molecule has 0 bridgehead atoms. The van der Waals surface area contributed by atoms with Crippen LogP contribution in [-0.2, 0) is 25.8 Å². The van der Waals surface area contributed by atoms with Gasteiger partial charge in [0.25, 0.3) is 0 Å². The monoisotopic (exact) mass is 387 g/mol. The Morgan fingerprint density at radius 2 is 1.72 bits per heavy atom. The van der Waals surface area contributed by atoms with Crippen molar-refractivity contribution in [1.29, 1.82) is 0 Å². The quantitative estimate of drug-likeness (QED) is 0.714. The van der Waals surface area contributed by atoms with Gasteiger partial charge >= 0.3 is 0 Å². The molecule has 2 aliphatic rings. The third kappa shape index (κ3) is 4.48. The average molecular weight is 388 g/mol. The predicted molar refractivity (Wildman–Crippen MR) is 118 cm³/mol. The number of aromatic nitrogens is 1. The zero-order valence-corrected chi connectivity index (χ0v) is 17.2. The van der Waals surface area contributed by atoms with Crippen LogP contribution < -0.4 is 5.73 Å². The molecule has 0 spiro atoms. The molecule has 0 unspecified atom stereocenters. The molecule has 150 valence electrons. The number of carbonyl (C=O) groups excluding carboxylic acids is 1. The molecule has 4 heteroatoms. The van der Waals surface area contributed by atoms with Crippen LogP contribution in [0, 0.1) is 0 Å². The highest BCUT2D eigenvalue weighted by Gasteiger charge is 2.20. The minimum atomic E-state index is -0.384. The molecule has 2 N–H and O–H groups in total. The van der Waals surface area contributed by atoms with E-state index in [9.17, 15) is 4.79 Å². The van der Waals surface area contributed by atoms with Crippen molar-refractivity contribution in [2.24, 2.45) is 5.73 Å². The van der Waals surface area contributed by atoms with E-state index >= 15 is 0 Å². The van der Waals surface area contributed by atoms with Gasteiger partial charge in [-0.15, -0.1) is 0 Å². The zero-order chi connectivity index (χ0) is 20.2.